The number of carbonyl (C=O) groups excluding carboxylic acids is 1. The van der Waals surface area contributed by atoms with Crippen molar-refractivity contribution in [1.82, 2.24) is 5.32 Å². The molecular formula is C12H15N3O5S. The van der Waals surface area contributed by atoms with Crippen molar-refractivity contribution in [1.29, 1.82) is 0 Å². The van der Waals surface area contributed by atoms with Gasteiger partial charge in [0.2, 0.25) is 0 Å². The number of urea groups is 1. The van der Waals surface area contributed by atoms with E-state index in [1.807, 2.05) is 0 Å². The molecule has 1 aliphatic heterocycles. The number of nitrogens with one attached hydrogen (secondary N) is 2. The largest absolute Gasteiger partial charge is 0.334 e. The maximum Gasteiger partial charge on any atom is 0.319 e. The first-order valence-corrected chi connectivity index (χ1v) is 8.20. The van der Waals surface area contributed by atoms with Crippen LogP contribution in [0.5, 0.6) is 0 Å². The monoisotopic (exact) mass is 313 g/mol. The number of rotatable bonds is 3. The lowest BCUT2D eigenvalue weighted by Gasteiger charge is -2.23. The van der Waals surface area contributed by atoms with Crippen molar-refractivity contribution in [3.8, 4) is 0 Å². The number of benzene rings is 1. The van der Waals surface area contributed by atoms with Crippen LogP contribution in [0.3, 0.4) is 0 Å². The predicted octanol–water partition coefficient (Wildman–Crippen LogP) is 1.29. The lowest BCUT2D eigenvalue weighted by Crippen LogP contribution is -2.44. The minimum absolute atomic E-state index is 0.0741. The van der Waals surface area contributed by atoms with Gasteiger partial charge in [-0.2, -0.15) is 0 Å². The molecule has 2 N–H and O–H groups in total. The van der Waals surface area contributed by atoms with Crippen molar-refractivity contribution in [2.24, 2.45) is 0 Å². The van der Waals surface area contributed by atoms with Crippen LogP contribution in [0.2, 0.25) is 0 Å². The number of sulfone groups is 1. The van der Waals surface area contributed by atoms with Gasteiger partial charge in [0.1, 0.15) is 0 Å². The van der Waals surface area contributed by atoms with E-state index in [1.54, 1.807) is 0 Å². The van der Waals surface area contributed by atoms with Gasteiger partial charge in [-0.1, -0.05) is 6.07 Å². The predicted molar refractivity (Wildman–Crippen MR) is 76.9 cm³/mol. The zero-order valence-electron chi connectivity index (χ0n) is 11.1. The van der Waals surface area contributed by atoms with Crippen LogP contribution >= 0.6 is 0 Å². The fourth-order valence-corrected chi connectivity index (χ4v) is 3.82. The fraction of sp³-hybridized carbons (Fsp3) is 0.417. The van der Waals surface area contributed by atoms with Gasteiger partial charge in [-0.05, 0) is 18.9 Å². The van der Waals surface area contributed by atoms with Crippen molar-refractivity contribution < 1.29 is 18.1 Å². The van der Waals surface area contributed by atoms with Crippen LogP contribution in [0, 0.1) is 10.1 Å². The highest BCUT2D eigenvalue weighted by atomic mass is 32.2. The van der Waals surface area contributed by atoms with Crippen LogP contribution in [-0.4, -0.2) is 36.9 Å². The van der Waals surface area contributed by atoms with Gasteiger partial charge in [0.25, 0.3) is 5.69 Å². The molecule has 1 atom stereocenters. The summed E-state index contributed by atoms with van der Waals surface area (Å²) >= 11 is 0. The molecule has 0 bridgehead atoms. The number of hydrogen-bond donors (Lipinski definition) is 2. The zero-order valence-corrected chi connectivity index (χ0v) is 11.9. The molecule has 114 valence electrons. The first-order valence-electron chi connectivity index (χ1n) is 6.38. The molecule has 1 aromatic rings. The lowest BCUT2D eigenvalue weighted by molar-refractivity contribution is -0.384. The van der Waals surface area contributed by atoms with E-state index >= 15 is 0 Å². The molecule has 1 fully saturated rings. The van der Waals surface area contributed by atoms with E-state index in [1.165, 1.54) is 24.3 Å². The van der Waals surface area contributed by atoms with E-state index in [-0.39, 0.29) is 22.9 Å². The van der Waals surface area contributed by atoms with Gasteiger partial charge in [0, 0.05) is 23.9 Å². The average molecular weight is 313 g/mol. The Balaban J connectivity index is 1.95. The summed E-state index contributed by atoms with van der Waals surface area (Å²) < 4.78 is 22.9. The third-order valence-electron chi connectivity index (χ3n) is 3.11. The normalized spacial score (nSPS) is 20.5. The Kier molecular flexibility index (Phi) is 4.41. The molecule has 0 radical (unpaired) electrons. The van der Waals surface area contributed by atoms with Crippen molar-refractivity contribution in [2.75, 3.05) is 16.8 Å². The molecule has 21 heavy (non-hydrogen) atoms. The number of non-ortho nitro benzene ring substituents is 1. The highest BCUT2D eigenvalue weighted by Crippen LogP contribution is 2.17. The molecule has 0 saturated carbocycles. The Morgan fingerprint density at radius 1 is 1.38 bits per heavy atom. The van der Waals surface area contributed by atoms with E-state index in [0.29, 0.717) is 12.8 Å². The van der Waals surface area contributed by atoms with Crippen LogP contribution in [-0.2, 0) is 9.84 Å². The second-order valence-corrected chi connectivity index (χ2v) is 7.09. The summed E-state index contributed by atoms with van der Waals surface area (Å²) in [5.41, 5.74) is 0.147. The van der Waals surface area contributed by atoms with E-state index < -0.39 is 26.8 Å². The molecule has 0 aliphatic carbocycles. The lowest BCUT2D eigenvalue weighted by atomic mass is 10.2. The highest BCUT2D eigenvalue weighted by molar-refractivity contribution is 7.91. The highest BCUT2D eigenvalue weighted by Gasteiger charge is 2.25. The molecule has 1 heterocycles. The van der Waals surface area contributed by atoms with E-state index in [2.05, 4.69) is 10.6 Å². The molecule has 0 spiro atoms. The van der Waals surface area contributed by atoms with Gasteiger partial charge < -0.3 is 10.6 Å². The summed E-state index contributed by atoms with van der Waals surface area (Å²) in [7, 11) is -3.10. The summed E-state index contributed by atoms with van der Waals surface area (Å²) in [6.45, 7) is 0. The first-order chi connectivity index (χ1) is 9.85. The van der Waals surface area contributed by atoms with Crippen LogP contribution in [0.4, 0.5) is 16.2 Å². The molecule has 0 unspecified atom stereocenters. The van der Waals surface area contributed by atoms with E-state index in [0.717, 1.165) is 0 Å². The molecule has 8 nitrogen and oxygen atoms in total. The SMILES string of the molecule is O=C(Nc1cccc([N+](=O)[O-])c1)N[C@H]1CCCS(=O)(=O)C1. The summed E-state index contributed by atoms with van der Waals surface area (Å²) in [6.07, 6.45) is 1.12. The van der Waals surface area contributed by atoms with Gasteiger partial charge >= 0.3 is 6.03 Å². The molecule has 2 rings (SSSR count). The number of nitro groups is 1. The van der Waals surface area contributed by atoms with Gasteiger partial charge in [-0.15, -0.1) is 0 Å². The van der Waals surface area contributed by atoms with Crippen LogP contribution < -0.4 is 10.6 Å². The van der Waals surface area contributed by atoms with Gasteiger partial charge in [-0.25, -0.2) is 13.2 Å². The van der Waals surface area contributed by atoms with Crippen LogP contribution in [0.25, 0.3) is 0 Å². The van der Waals surface area contributed by atoms with Gasteiger partial charge in [0.05, 0.1) is 16.4 Å². The number of amides is 2. The zero-order chi connectivity index (χ0) is 15.5. The number of hydrogen-bond acceptors (Lipinski definition) is 5. The van der Waals surface area contributed by atoms with E-state index in [9.17, 15) is 23.3 Å². The van der Waals surface area contributed by atoms with Crippen molar-refractivity contribution in [2.45, 2.75) is 18.9 Å². The standard InChI is InChI=1S/C12H15N3O5S/c16-12(14-10-4-2-6-21(19,20)8-10)13-9-3-1-5-11(7-9)15(17)18/h1,3,5,7,10H,2,4,6,8H2,(H2,13,14,16)/t10-/m0/s1. The molecule has 9 heteroatoms. The second-order valence-electron chi connectivity index (χ2n) is 4.86. The summed E-state index contributed by atoms with van der Waals surface area (Å²) in [6, 6.07) is 4.52. The van der Waals surface area contributed by atoms with Gasteiger partial charge in [0.15, 0.2) is 9.84 Å². The number of nitro benzene ring substituents is 1. The van der Waals surface area contributed by atoms with Crippen LogP contribution in [0.15, 0.2) is 24.3 Å². The molecule has 1 saturated heterocycles. The smallest absolute Gasteiger partial charge is 0.319 e. The molecule has 0 aromatic heterocycles. The number of nitrogens with zero attached hydrogens (tertiary/aromatic N) is 1. The Hall–Kier alpha value is -2.16. The van der Waals surface area contributed by atoms with Gasteiger partial charge in [-0.3, -0.25) is 10.1 Å². The van der Waals surface area contributed by atoms with Crippen molar-refractivity contribution in [3.63, 3.8) is 0 Å². The topological polar surface area (TPSA) is 118 Å². The fourth-order valence-electron chi connectivity index (χ4n) is 2.19. The Morgan fingerprint density at radius 3 is 2.81 bits per heavy atom. The molecule has 1 aromatic carbocycles. The second kappa shape index (κ2) is 6.08. The Labute approximate surface area is 121 Å². The number of anilines is 1. The minimum Gasteiger partial charge on any atom is -0.334 e. The van der Waals surface area contributed by atoms with E-state index in [4.69, 9.17) is 0 Å². The number of carbonyl (C=O) groups is 1. The molecule has 1 aliphatic rings. The quantitative estimate of drug-likeness (QED) is 0.644. The third-order valence-corrected chi connectivity index (χ3v) is 4.93. The first kappa shape index (κ1) is 15.2. The minimum atomic E-state index is -3.10. The Bertz CT molecular complexity index is 659. The Morgan fingerprint density at radius 2 is 2.14 bits per heavy atom. The summed E-state index contributed by atoms with van der Waals surface area (Å²) in [4.78, 5) is 21.9. The van der Waals surface area contributed by atoms with Crippen molar-refractivity contribution >= 4 is 27.2 Å². The summed E-state index contributed by atoms with van der Waals surface area (Å²) in [5.74, 6) is 0.0764. The van der Waals surface area contributed by atoms with Crippen molar-refractivity contribution in [3.05, 3.63) is 34.4 Å². The maximum atomic E-state index is 11.8. The molecular weight excluding hydrogens is 298 g/mol. The average Bonchev–Trinajstić information content (AvgIpc) is 2.37. The summed E-state index contributed by atoms with van der Waals surface area (Å²) in [5, 5.41) is 15.7. The van der Waals surface area contributed by atoms with Crippen LogP contribution in [0.1, 0.15) is 12.8 Å². The third kappa shape index (κ3) is 4.42. The molecule has 2 amide bonds. The maximum absolute atomic E-state index is 11.8.